The van der Waals surface area contributed by atoms with Gasteiger partial charge in [-0.1, -0.05) is 19.1 Å². The van der Waals surface area contributed by atoms with Crippen molar-refractivity contribution >= 4 is 5.91 Å². The van der Waals surface area contributed by atoms with Gasteiger partial charge in [-0.05, 0) is 30.5 Å². The minimum Gasteiger partial charge on any atom is -0.367 e. The molecule has 1 heterocycles. The Labute approximate surface area is 118 Å². The second-order valence-corrected chi connectivity index (χ2v) is 5.51. The van der Waals surface area contributed by atoms with Crippen molar-refractivity contribution in [1.29, 1.82) is 0 Å². The Morgan fingerprint density at radius 3 is 2.70 bits per heavy atom. The van der Waals surface area contributed by atoms with E-state index in [2.05, 4.69) is 11.8 Å². The average Bonchev–Trinajstić information content (AvgIpc) is 2.38. The first-order chi connectivity index (χ1) is 9.45. The Kier molecular flexibility index (Phi) is 4.73. The SMILES string of the molecule is C[C@@H]1CN(C[C@H](C)c2ccc(F)cc2)C[C@@H](C(N)=O)O1. The van der Waals surface area contributed by atoms with Crippen LogP contribution in [0.5, 0.6) is 0 Å². The van der Waals surface area contributed by atoms with Crippen LogP contribution >= 0.6 is 0 Å². The van der Waals surface area contributed by atoms with Gasteiger partial charge in [0.1, 0.15) is 11.9 Å². The van der Waals surface area contributed by atoms with Crippen molar-refractivity contribution in [2.45, 2.75) is 32.0 Å². The number of nitrogens with two attached hydrogens (primary N) is 1. The summed E-state index contributed by atoms with van der Waals surface area (Å²) in [6, 6.07) is 6.55. The second kappa shape index (κ2) is 6.33. The molecule has 1 aromatic carbocycles. The lowest BCUT2D eigenvalue weighted by Crippen LogP contribution is -2.52. The van der Waals surface area contributed by atoms with E-state index in [0.29, 0.717) is 6.54 Å². The molecule has 3 atom stereocenters. The average molecular weight is 280 g/mol. The van der Waals surface area contributed by atoms with Crippen LogP contribution in [0.4, 0.5) is 4.39 Å². The zero-order valence-corrected chi connectivity index (χ0v) is 11.9. The number of rotatable bonds is 4. The Hall–Kier alpha value is -1.46. The largest absolute Gasteiger partial charge is 0.367 e. The molecule has 4 nitrogen and oxygen atoms in total. The summed E-state index contributed by atoms with van der Waals surface area (Å²) in [6.45, 7) is 6.11. The van der Waals surface area contributed by atoms with Gasteiger partial charge in [0.15, 0.2) is 0 Å². The van der Waals surface area contributed by atoms with Gasteiger partial charge in [-0.2, -0.15) is 0 Å². The third-order valence-corrected chi connectivity index (χ3v) is 3.62. The molecule has 0 bridgehead atoms. The second-order valence-electron chi connectivity index (χ2n) is 5.51. The fraction of sp³-hybridized carbons (Fsp3) is 0.533. The van der Waals surface area contributed by atoms with Crippen molar-refractivity contribution in [2.24, 2.45) is 5.73 Å². The number of nitrogens with zero attached hydrogens (tertiary/aromatic N) is 1. The van der Waals surface area contributed by atoms with Gasteiger partial charge in [0.2, 0.25) is 5.91 Å². The fourth-order valence-corrected chi connectivity index (χ4v) is 2.63. The minimum atomic E-state index is -0.542. The van der Waals surface area contributed by atoms with Gasteiger partial charge in [-0.25, -0.2) is 4.39 Å². The summed E-state index contributed by atoms with van der Waals surface area (Å²) < 4.78 is 18.4. The van der Waals surface area contributed by atoms with E-state index in [1.807, 2.05) is 6.92 Å². The quantitative estimate of drug-likeness (QED) is 0.909. The highest BCUT2D eigenvalue weighted by atomic mass is 19.1. The molecule has 0 unspecified atom stereocenters. The number of halogens is 1. The van der Waals surface area contributed by atoms with Crippen molar-refractivity contribution < 1.29 is 13.9 Å². The molecule has 0 radical (unpaired) electrons. The number of benzene rings is 1. The van der Waals surface area contributed by atoms with E-state index in [-0.39, 0.29) is 17.8 Å². The standard InChI is InChI=1S/C15H21FN2O2/c1-10(12-3-5-13(16)6-4-12)7-18-8-11(2)20-14(9-18)15(17)19/h3-6,10-11,14H,7-9H2,1-2H3,(H2,17,19)/t10-,11+,14-/m0/s1. The number of ether oxygens (including phenoxy) is 1. The van der Waals surface area contributed by atoms with Gasteiger partial charge in [0.05, 0.1) is 6.10 Å². The zero-order chi connectivity index (χ0) is 14.7. The normalized spacial score (nSPS) is 25.4. The van der Waals surface area contributed by atoms with Gasteiger partial charge in [0.25, 0.3) is 0 Å². The Morgan fingerprint density at radius 2 is 2.10 bits per heavy atom. The number of morpholine rings is 1. The predicted octanol–water partition coefficient (Wildman–Crippen LogP) is 1.50. The summed E-state index contributed by atoms with van der Waals surface area (Å²) in [5, 5.41) is 0. The highest BCUT2D eigenvalue weighted by Crippen LogP contribution is 2.20. The monoisotopic (exact) mass is 280 g/mol. The lowest BCUT2D eigenvalue weighted by atomic mass is 10.00. The number of amides is 1. The van der Waals surface area contributed by atoms with Crippen LogP contribution in [0, 0.1) is 5.82 Å². The lowest BCUT2D eigenvalue weighted by Gasteiger charge is -2.36. The van der Waals surface area contributed by atoms with Crippen LogP contribution in [0.1, 0.15) is 25.3 Å². The molecule has 1 saturated heterocycles. The molecule has 0 aliphatic carbocycles. The summed E-state index contributed by atoms with van der Waals surface area (Å²) in [6.07, 6.45) is -0.555. The van der Waals surface area contributed by atoms with Crippen LogP contribution in [0.15, 0.2) is 24.3 Å². The summed E-state index contributed by atoms with van der Waals surface area (Å²) in [5.41, 5.74) is 6.40. The lowest BCUT2D eigenvalue weighted by molar-refractivity contribution is -0.142. The van der Waals surface area contributed by atoms with Gasteiger partial charge in [0, 0.05) is 19.6 Å². The first-order valence-corrected chi connectivity index (χ1v) is 6.88. The van der Waals surface area contributed by atoms with Crippen LogP contribution in [-0.4, -0.2) is 42.6 Å². The van der Waals surface area contributed by atoms with Gasteiger partial charge >= 0.3 is 0 Å². The van der Waals surface area contributed by atoms with Crippen molar-refractivity contribution in [3.05, 3.63) is 35.6 Å². The highest BCUT2D eigenvalue weighted by molar-refractivity contribution is 5.79. The number of hydrogen-bond acceptors (Lipinski definition) is 3. The molecular weight excluding hydrogens is 259 g/mol. The van der Waals surface area contributed by atoms with Crippen LogP contribution < -0.4 is 5.73 Å². The van der Waals surface area contributed by atoms with Crippen molar-refractivity contribution in [2.75, 3.05) is 19.6 Å². The van der Waals surface area contributed by atoms with Crippen LogP contribution in [-0.2, 0) is 9.53 Å². The number of primary amides is 1. The zero-order valence-electron chi connectivity index (χ0n) is 11.9. The van der Waals surface area contributed by atoms with E-state index in [4.69, 9.17) is 10.5 Å². The number of carbonyl (C=O) groups excluding carboxylic acids is 1. The molecule has 5 heteroatoms. The van der Waals surface area contributed by atoms with Crippen molar-refractivity contribution in [3.8, 4) is 0 Å². The minimum absolute atomic E-state index is 0.0123. The maximum absolute atomic E-state index is 12.9. The molecule has 20 heavy (non-hydrogen) atoms. The van der Waals surface area contributed by atoms with E-state index in [9.17, 15) is 9.18 Å². The molecule has 1 aromatic rings. The summed E-state index contributed by atoms with van der Waals surface area (Å²) in [7, 11) is 0. The van der Waals surface area contributed by atoms with Crippen molar-refractivity contribution in [3.63, 3.8) is 0 Å². The number of carbonyl (C=O) groups is 1. The molecule has 0 spiro atoms. The van der Waals surface area contributed by atoms with Crippen LogP contribution in [0.3, 0.4) is 0 Å². The molecular formula is C15H21FN2O2. The molecule has 0 saturated carbocycles. The molecule has 110 valence electrons. The van der Waals surface area contributed by atoms with E-state index in [0.717, 1.165) is 18.7 Å². The molecule has 1 aliphatic rings. The fourth-order valence-electron chi connectivity index (χ4n) is 2.63. The molecule has 2 rings (SSSR count). The molecule has 1 fully saturated rings. The third kappa shape index (κ3) is 3.77. The van der Waals surface area contributed by atoms with E-state index in [1.165, 1.54) is 12.1 Å². The van der Waals surface area contributed by atoms with Gasteiger partial charge in [-0.15, -0.1) is 0 Å². The third-order valence-electron chi connectivity index (χ3n) is 3.62. The summed E-state index contributed by atoms with van der Waals surface area (Å²) in [4.78, 5) is 13.4. The predicted molar refractivity (Wildman–Crippen MR) is 74.8 cm³/mol. The summed E-state index contributed by atoms with van der Waals surface area (Å²) in [5.74, 6) is -0.389. The Morgan fingerprint density at radius 1 is 1.45 bits per heavy atom. The first-order valence-electron chi connectivity index (χ1n) is 6.88. The van der Waals surface area contributed by atoms with Gasteiger partial charge < -0.3 is 10.5 Å². The van der Waals surface area contributed by atoms with Crippen LogP contribution in [0.25, 0.3) is 0 Å². The number of hydrogen-bond donors (Lipinski definition) is 1. The van der Waals surface area contributed by atoms with Gasteiger partial charge in [-0.3, -0.25) is 9.69 Å². The van der Waals surface area contributed by atoms with Crippen molar-refractivity contribution in [1.82, 2.24) is 4.90 Å². The maximum Gasteiger partial charge on any atom is 0.247 e. The van der Waals surface area contributed by atoms with E-state index >= 15 is 0 Å². The van der Waals surface area contributed by atoms with E-state index in [1.54, 1.807) is 12.1 Å². The maximum atomic E-state index is 12.9. The van der Waals surface area contributed by atoms with E-state index < -0.39 is 12.0 Å². The summed E-state index contributed by atoms with van der Waals surface area (Å²) >= 11 is 0. The Bertz CT molecular complexity index is 463. The Balaban J connectivity index is 1.97. The highest BCUT2D eigenvalue weighted by Gasteiger charge is 2.29. The first kappa shape index (κ1) is 14.9. The molecule has 0 aromatic heterocycles. The molecule has 1 amide bonds. The smallest absolute Gasteiger partial charge is 0.247 e. The topological polar surface area (TPSA) is 55.6 Å². The van der Waals surface area contributed by atoms with Crippen LogP contribution in [0.2, 0.25) is 0 Å². The molecule has 2 N–H and O–H groups in total. The molecule has 1 aliphatic heterocycles.